The molecule has 0 saturated carbocycles. The number of hydrogen-bond acceptors (Lipinski definition) is 2. The van der Waals surface area contributed by atoms with Crippen LogP contribution in [-0.2, 0) is 6.42 Å². The summed E-state index contributed by atoms with van der Waals surface area (Å²) in [5.74, 6) is 0.810. The van der Waals surface area contributed by atoms with E-state index in [0.29, 0.717) is 24.2 Å². The number of aromatic nitrogens is 1. The Morgan fingerprint density at radius 1 is 1.30 bits per heavy atom. The SMILES string of the molecule is CCC1(C)CN(C)C2Cc3c([nH]c4ccccc34)C(=O)CC1C2. The van der Waals surface area contributed by atoms with Crippen LogP contribution in [0, 0.1) is 11.3 Å². The van der Waals surface area contributed by atoms with Crippen LogP contribution in [0.4, 0.5) is 0 Å². The largest absolute Gasteiger partial charge is 0.352 e. The molecule has 3 nitrogen and oxygen atoms in total. The number of likely N-dealkylation sites (tertiary alicyclic amines) is 1. The predicted octanol–water partition coefficient (Wildman–Crippen LogP) is 4.03. The summed E-state index contributed by atoms with van der Waals surface area (Å²) in [6.45, 7) is 5.74. The second-order valence-electron chi connectivity index (χ2n) is 7.86. The first-order chi connectivity index (χ1) is 11.0. The number of hydrogen-bond donors (Lipinski definition) is 1. The maximum atomic E-state index is 13.0. The number of para-hydroxylation sites is 1. The molecule has 1 aliphatic heterocycles. The standard InChI is InChI=1S/C20H26N2O/c1-4-20(2)12-22(3)14-9-13(20)10-18(23)19-16(11-14)15-7-5-6-8-17(15)21-19/h5-8,13-14,21H,4,9-12H2,1-3H3. The number of carbonyl (C=O) groups excluding carboxylic acids is 1. The molecule has 0 spiro atoms. The monoisotopic (exact) mass is 310 g/mol. The Bertz CT molecular complexity index is 762. The fourth-order valence-corrected chi connectivity index (χ4v) is 4.80. The molecule has 2 aliphatic rings. The highest BCUT2D eigenvalue weighted by atomic mass is 16.1. The van der Waals surface area contributed by atoms with Crippen LogP contribution in [0.25, 0.3) is 10.9 Å². The van der Waals surface area contributed by atoms with Gasteiger partial charge in [0.15, 0.2) is 5.78 Å². The van der Waals surface area contributed by atoms with Crippen molar-refractivity contribution in [3.63, 3.8) is 0 Å². The molecule has 2 bridgehead atoms. The Labute approximate surface area is 138 Å². The topological polar surface area (TPSA) is 36.1 Å². The minimum Gasteiger partial charge on any atom is -0.352 e. The van der Waals surface area contributed by atoms with Gasteiger partial charge in [0.05, 0.1) is 5.69 Å². The summed E-state index contributed by atoms with van der Waals surface area (Å²) < 4.78 is 0. The van der Waals surface area contributed by atoms with E-state index < -0.39 is 0 Å². The molecule has 0 amide bonds. The van der Waals surface area contributed by atoms with Crippen LogP contribution in [-0.4, -0.2) is 35.3 Å². The van der Waals surface area contributed by atoms with E-state index in [-0.39, 0.29) is 5.41 Å². The fraction of sp³-hybridized carbons (Fsp3) is 0.550. The van der Waals surface area contributed by atoms with Crippen molar-refractivity contribution in [2.45, 2.75) is 45.6 Å². The molecule has 23 heavy (non-hydrogen) atoms. The average Bonchev–Trinajstić information content (AvgIpc) is 2.89. The highest BCUT2D eigenvalue weighted by Crippen LogP contribution is 2.45. The number of H-pyrrole nitrogens is 1. The van der Waals surface area contributed by atoms with E-state index in [1.807, 2.05) is 6.07 Å². The second kappa shape index (κ2) is 5.20. The predicted molar refractivity (Wildman–Crippen MR) is 93.9 cm³/mol. The lowest BCUT2D eigenvalue weighted by Gasteiger charge is -2.50. The number of nitrogens with zero attached hydrogens (tertiary/aromatic N) is 1. The molecule has 1 aromatic heterocycles. The maximum absolute atomic E-state index is 13.0. The molecule has 2 heterocycles. The Morgan fingerprint density at radius 2 is 2.09 bits per heavy atom. The molecular weight excluding hydrogens is 284 g/mol. The minimum absolute atomic E-state index is 0.254. The number of aromatic amines is 1. The molecule has 3 unspecified atom stereocenters. The molecule has 122 valence electrons. The van der Waals surface area contributed by atoms with Crippen LogP contribution in [0.5, 0.6) is 0 Å². The number of Topliss-reactive ketones (excluding diaryl/α,β-unsaturated/α-hetero) is 1. The summed E-state index contributed by atoms with van der Waals surface area (Å²) in [6.07, 6.45) is 3.96. The highest BCUT2D eigenvalue weighted by Gasteiger charge is 2.44. The van der Waals surface area contributed by atoms with E-state index in [1.165, 1.54) is 10.9 Å². The third-order valence-corrected chi connectivity index (χ3v) is 6.55. The number of ketones is 1. The smallest absolute Gasteiger partial charge is 0.179 e. The Hall–Kier alpha value is -1.61. The van der Waals surface area contributed by atoms with E-state index in [4.69, 9.17) is 0 Å². The molecule has 3 heteroatoms. The van der Waals surface area contributed by atoms with E-state index >= 15 is 0 Å². The first-order valence-electron chi connectivity index (χ1n) is 8.85. The number of rotatable bonds is 1. The van der Waals surface area contributed by atoms with Crippen molar-refractivity contribution in [1.82, 2.24) is 9.88 Å². The van der Waals surface area contributed by atoms with Crippen molar-refractivity contribution in [1.29, 1.82) is 0 Å². The number of likely N-dealkylation sites (N-methyl/N-ethyl adjacent to an activating group) is 1. The second-order valence-corrected chi connectivity index (χ2v) is 7.86. The number of piperidine rings is 1. The lowest BCUT2D eigenvalue weighted by molar-refractivity contribution is 0.00767. The van der Waals surface area contributed by atoms with Crippen molar-refractivity contribution in [3.8, 4) is 0 Å². The molecule has 3 atom stereocenters. The third-order valence-electron chi connectivity index (χ3n) is 6.55. The van der Waals surface area contributed by atoms with Crippen LogP contribution in [0.1, 0.15) is 49.2 Å². The van der Waals surface area contributed by atoms with Gasteiger partial charge in [0.25, 0.3) is 0 Å². The van der Waals surface area contributed by atoms with Gasteiger partial charge in [-0.15, -0.1) is 0 Å². The number of fused-ring (bicyclic) bond motifs is 5. The summed E-state index contributed by atoms with van der Waals surface area (Å²) in [4.78, 5) is 18.9. The van der Waals surface area contributed by atoms with Crippen molar-refractivity contribution in [2.75, 3.05) is 13.6 Å². The van der Waals surface area contributed by atoms with Crippen molar-refractivity contribution >= 4 is 16.7 Å². The van der Waals surface area contributed by atoms with Gasteiger partial charge < -0.3 is 9.88 Å². The lowest BCUT2D eigenvalue weighted by Crippen LogP contribution is -2.52. The number of carbonyl (C=O) groups is 1. The molecule has 2 aromatic rings. The Morgan fingerprint density at radius 3 is 2.87 bits per heavy atom. The van der Waals surface area contributed by atoms with Gasteiger partial charge in [-0.3, -0.25) is 4.79 Å². The van der Waals surface area contributed by atoms with E-state index in [0.717, 1.165) is 37.0 Å². The molecule has 1 fully saturated rings. The van der Waals surface area contributed by atoms with Crippen LogP contribution in [0.15, 0.2) is 24.3 Å². The molecular formula is C20H26N2O. The lowest BCUT2D eigenvalue weighted by atomic mass is 9.65. The van der Waals surface area contributed by atoms with Crippen LogP contribution in [0.3, 0.4) is 0 Å². The first-order valence-corrected chi connectivity index (χ1v) is 8.85. The Kier molecular flexibility index (Phi) is 3.38. The summed E-state index contributed by atoms with van der Waals surface area (Å²) in [6, 6.07) is 8.89. The average molecular weight is 310 g/mol. The van der Waals surface area contributed by atoms with Gasteiger partial charge in [-0.2, -0.15) is 0 Å². The Balaban J connectivity index is 1.83. The maximum Gasteiger partial charge on any atom is 0.179 e. The van der Waals surface area contributed by atoms with Crippen LogP contribution < -0.4 is 0 Å². The van der Waals surface area contributed by atoms with Gasteiger partial charge in [-0.25, -0.2) is 0 Å². The summed E-state index contributed by atoms with van der Waals surface area (Å²) in [5.41, 5.74) is 3.46. The molecule has 1 saturated heterocycles. The third kappa shape index (κ3) is 2.25. The van der Waals surface area contributed by atoms with Gasteiger partial charge in [-0.05, 0) is 49.3 Å². The zero-order valence-electron chi connectivity index (χ0n) is 14.4. The number of benzene rings is 1. The van der Waals surface area contributed by atoms with Gasteiger partial charge in [0.2, 0.25) is 0 Å². The van der Waals surface area contributed by atoms with Crippen molar-refractivity contribution in [2.24, 2.45) is 11.3 Å². The summed E-state index contributed by atoms with van der Waals surface area (Å²) in [7, 11) is 2.26. The van der Waals surface area contributed by atoms with Crippen molar-refractivity contribution in [3.05, 3.63) is 35.5 Å². The van der Waals surface area contributed by atoms with E-state index in [9.17, 15) is 4.79 Å². The molecule has 1 aromatic carbocycles. The van der Waals surface area contributed by atoms with Gasteiger partial charge in [0.1, 0.15) is 0 Å². The normalized spacial score (nSPS) is 31.7. The fourth-order valence-electron chi connectivity index (χ4n) is 4.80. The number of nitrogens with one attached hydrogen (secondary N) is 1. The van der Waals surface area contributed by atoms with Gasteiger partial charge >= 0.3 is 0 Å². The summed E-state index contributed by atoms with van der Waals surface area (Å²) in [5, 5.41) is 1.23. The van der Waals surface area contributed by atoms with Crippen LogP contribution >= 0.6 is 0 Å². The minimum atomic E-state index is 0.254. The quantitative estimate of drug-likeness (QED) is 0.863. The molecule has 0 radical (unpaired) electrons. The molecule has 1 aliphatic carbocycles. The van der Waals surface area contributed by atoms with Crippen molar-refractivity contribution < 1.29 is 4.79 Å². The first kappa shape index (κ1) is 14.9. The molecule has 4 rings (SSSR count). The highest BCUT2D eigenvalue weighted by molar-refractivity contribution is 6.02. The van der Waals surface area contributed by atoms with E-state index in [1.54, 1.807) is 0 Å². The zero-order chi connectivity index (χ0) is 16.2. The van der Waals surface area contributed by atoms with Gasteiger partial charge in [-0.1, -0.05) is 32.0 Å². The molecule has 1 N–H and O–H groups in total. The van der Waals surface area contributed by atoms with Crippen LogP contribution in [0.2, 0.25) is 0 Å². The van der Waals surface area contributed by atoms with Gasteiger partial charge in [0, 0.05) is 29.9 Å². The zero-order valence-corrected chi connectivity index (χ0v) is 14.4. The summed E-state index contributed by atoms with van der Waals surface area (Å²) >= 11 is 0. The van der Waals surface area contributed by atoms with E-state index in [2.05, 4.69) is 49.0 Å².